The second-order valence-corrected chi connectivity index (χ2v) is 4.65. The molecule has 1 aliphatic carbocycles. The van der Waals surface area contributed by atoms with E-state index in [1.54, 1.807) is 12.4 Å². The van der Waals surface area contributed by atoms with Crippen LogP contribution in [0.15, 0.2) is 12.4 Å². The van der Waals surface area contributed by atoms with Gasteiger partial charge in [0.2, 0.25) is 0 Å². The lowest BCUT2D eigenvalue weighted by Crippen LogP contribution is -2.29. The molecule has 2 N–H and O–H groups in total. The fraction of sp³-hybridized carbons (Fsp3) is 0.727. The van der Waals surface area contributed by atoms with Crippen molar-refractivity contribution in [3.8, 4) is 0 Å². The van der Waals surface area contributed by atoms with E-state index < -0.39 is 7.12 Å². The summed E-state index contributed by atoms with van der Waals surface area (Å²) in [5.41, 5.74) is 0.487. The first-order chi connectivity index (χ1) is 7.72. The summed E-state index contributed by atoms with van der Waals surface area (Å²) in [4.78, 5) is 0. The molecule has 1 heterocycles. The van der Waals surface area contributed by atoms with Crippen molar-refractivity contribution in [1.29, 1.82) is 0 Å². The maximum Gasteiger partial charge on any atom is 0.491 e. The van der Waals surface area contributed by atoms with Crippen LogP contribution >= 0.6 is 0 Å². The van der Waals surface area contributed by atoms with Crippen LogP contribution in [0.2, 0.25) is 0 Å². The first kappa shape index (κ1) is 11.7. The highest BCUT2D eigenvalue weighted by Gasteiger charge is 2.26. The minimum atomic E-state index is -1.41. The molecule has 0 saturated heterocycles. The van der Waals surface area contributed by atoms with Gasteiger partial charge in [-0.3, -0.25) is 4.68 Å². The van der Waals surface area contributed by atoms with Gasteiger partial charge < -0.3 is 10.0 Å². The van der Waals surface area contributed by atoms with E-state index in [-0.39, 0.29) is 0 Å². The Labute approximate surface area is 96.4 Å². The SMILES string of the molecule is CCC1CCCCC1n1cc(B(O)O)cn1. The van der Waals surface area contributed by atoms with E-state index in [4.69, 9.17) is 10.0 Å². The monoisotopic (exact) mass is 222 g/mol. The molecule has 1 aliphatic rings. The molecular weight excluding hydrogens is 203 g/mol. The average molecular weight is 222 g/mol. The highest BCUT2D eigenvalue weighted by atomic mass is 16.4. The maximum atomic E-state index is 9.06. The van der Waals surface area contributed by atoms with Crippen molar-refractivity contribution >= 4 is 12.6 Å². The van der Waals surface area contributed by atoms with Crippen molar-refractivity contribution in [2.75, 3.05) is 0 Å². The van der Waals surface area contributed by atoms with Gasteiger partial charge in [0.25, 0.3) is 0 Å². The zero-order valence-electron chi connectivity index (χ0n) is 9.71. The van der Waals surface area contributed by atoms with Crippen LogP contribution in [0.5, 0.6) is 0 Å². The molecule has 2 atom stereocenters. The topological polar surface area (TPSA) is 58.3 Å². The number of rotatable bonds is 3. The highest BCUT2D eigenvalue weighted by molar-refractivity contribution is 6.58. The highest BCUT2D eigenvalue weighted by Crippen LogP contribution is 2.34. The summed E-state index contributed by atoms with van der Waals surface area (Å²) in [6.07, 6.45) is 9.46. The molecule has 2 rings (SSSR count). The van der Waals surface area contributed by atoms with Gasteiger partial charge in [0.1, 0.15) is 0 Å². The molecule has 0 bridgehead atoms. The standard InChI is InChI=1S/C11H19BN2O2/c1-2-9-5-3-4-6-11(9)14-8-10(7-13-14)12(15)16/h7-9,11,15-16H,2-6H2,1H3. The minimum absolute atomic E-state index is 0.436. The third-order valence-corrected chi connectivity index (χ3v) is 3.65. The van der Waals surface area contributed by atoms with Crippen LogP contribution in [-0.4, -0.2) is 26.9 Å². The zero-order chi connectivity index (χ0) is 11.5. The van der Waals surface area contributed by atoms with Crippen molar-refractivity contribution in [2.45, 2.75) is 45.1 Å². The lowest BCUT2D eigenvalue weighted by Gasteiger charge is -2.30. The molecule has 0 aliphatic heterocycles. The predicted molar refractivity (Wildman–Crippen MR) is 63.3 cm³/mol. The molecule has 1 fully saturated rings. The van der Waals surface area contributed by atoms with Crippen LogP contribution in [0.3, 0.4) is 0 Å². The van der Waals surface area contributed by atoms with E-state index in [0.717, 1.165) is 6.42 Å². The average Bonchev–Trinajstić information content (AvgIpc) is 2.78. The Kier molecular flexibility index (Phi) is 3.66. The van der Waals surface area contributed by atoms with E-state index in [1.165, 1.54) is 25.7 Å². The summed E-state index contributed by atoms with van der Waals surface area (Å²) in [6.45, 7) is 2.22. The van der Waals surface area contributed by atoms with Gasteiger partial charge in [-0.1, -0.05) is 26.2 Å². The quantitative estimate of drug-likeness (QED) is 0.740. The van der Waals surface area contributed by atoms with Crippen molar-refractivity contribution in [3.05, 3.63) is 12.4 Å². The number of hydrogen-bond acceptors (Lipinski definition) is 3. The van der Waals surface area contributed by atoms with E-state index in [0.29, 0.717) is 17.4 Å². The third-order valence-electron chi connectivity index (χ3n) is 3.65. The van der Waals surface area contributed by atoms with Crippen LogP contribution in [0.4, 0.5) is 0 Å². The molecule has 1 aromatic rings. The third kappa shape index (κ3) is 2.30. The lowest BCUT2D eigenvalue weighted by atomic mass is 9.82. The van der Waals surface area contributed by atoms with Gasteiger partial charge in [0, 0.05) is 17.9 Å². The summed E-state index contributed by atoms with van der Waals surface area (Å²) in [5, 5.41) is 22.4. The van der Waals surface area contributed by atoms with Gasteiger partial charge in [0.05, 0.1) is 6.04 Å². The van der Waals surface area contributed by atoms with E-state index in [9.17, 15) is 0 Å². The molecule has 2 unspecified atom stereocenters. The van der Waals surface area contributed by atoms with Gasteiger partial charge >= 0.3 is 7.12 Å². The Morgan fingerprint density at radius 3 is 2.81 bits per heavy atom. The van der Waals surface area contributed by atoms with Gasteiger partial charge in [-0.15, -0.1) is 0 Å². The van der Waals surface area contributed by atoms with Gasteiger partial charge in [-0.25, -0.2) is 0 Å². The second-order valence-electron chi connectivity index (χ2n) is 4.65. The Bertz CT molecular complexity index is 340. The molecule has 0 amide bonds. The molecule has 0 aromatic carbocycles. The summed E-state index contributed by atoms with van der Waals surface area (Å²) in [7, 11) is -1.41. The second kappa shape index (κ2) is 5.02. The van der Waals surface area contributed by atoms with Crippen LogP contribution in [0, 0.1) is 5.92 Å². The van der Waals surface area contributed by atoms with Crippen molar-refractivity contribution in [3.63, 3.8) is 0 Å². The van der Waals surface area contributed by atoms with E-state index >= 15 is 0 Å². The lowest BCUT2D eigenvalue weighted by molar-refractivity contribution is 0.217. The fourth-order valence-electron chi connectivity index (χ4n) is 2.68. The number of hydrogen-bond donors (Lipinski definition) is 2. The van der Waals surface area contributed by atoms with Crippen molar-refractivity contribution < 1.29 is 10.0 Å². The first-order valence-corrected chi connectivity index (χ1v) is 6.12. The van der Waals surface area contributed by atoms with Crippen LogP contribution < -0.4 is 5.46 Å². The Morgan fingerprint density at radius 2 is 2.19 bits per heavy atom. The van der Waals surface area contributed by atoms with Crippen LogP contribution in [0.1, 0.15) is 45.1 Å². The Hall–Kier alpha value is -0.805. The molecule has 1 aromatic heterocycles. The van der Waals surface area contributed by atoms with Gasteiger partial charge in [-0.2, -0.15) is 5.10 Å². The summed E-state index contributed by atoms with van der Waals surface area (Å²) in [5.74, 6) is 0.678. The van der Waals surface area contributed by atoms with Crippen LogP contribution in [-0.2, 0) is 0 Å². The van der Waals surface area contributed by atoms with E-state index in [1.807, 2.05) is 4.68 Å². The predicted octanol–water partition coefficient (Wildman–Crippen LogP) is 0.704. The Balaban J connectivity index is 2.14. The van der Waals surface area contributed by atoms with Crippen LogP contribution in [0.25, 0.3) is 0 Å². The van der Waals surface area contributed by atoms with E-state index in [2.05, 4.69) is 12.0 Å². The molecule has 1 saturated carbocycles. The van der Waals surface area contributed by atoms with Gasteiger partial charge in [0.15, 0.2) is 0 Å². The molecule has 0 radical (unpaired) electrons. The molecule has 16 heavy (non-hydrogen) atoms. The normalized spacial score (nSPS) is 25.7. The molecule has 88 valence electrons. The largest absolute Gasteiger partial charge is 0.491 e. The molecule has 5 heteroatoms. The Morgan fingerprint density at radius 1 is 1.44 bits per heavy atom. The number of aromatic nitrogens is 2. The first-order valence-electron chi connectivity index (χ1n) is 6.12. The summed E-state index contributed by atoms with van der Waals surface area (Å²) >= 11 is 0. The zero-order valence-corrected chi connectivity index (χ0v) is 9.71. The smallest absolute Gasteiger partial charge is 0.423 e. The molecule has 0 spiro atoms. The summed E-state index contributed by atoms with van der Waals surface area (Å²) < 4.78 is 1.92. The van der Waals surface area contributed by atoms with Gasteiger partial charge in [-0.05, 0) is 18.8 Å². The summed E-state index contributed by atoms with van der Waals surface area (Å²) in [6, 6.07) is 0.436. The maximum absolute atomic E-state index is 9.06. The fourth-order valence-corrected chi connectivity index (χ4v) is 2.68. The molecular formula is C11H19BN2O2. The van der Waals surface area contributed by atoms with Crippen molar-refractivity contribution in [2.24, 2.45) is 5.92 Å². The number of nitrogens with zero attached hydrogens (tertiary/aromatic N) is 2. The minimum Gasteiger partial charge on any atom is -0.423 e. The molecule has 4 nitrogen and oxygen atoms in total. The van der Waals surface area contributed by atoms with Crippen molar-refractivity contribution in [1.82, 2.24) is 9.78 Å².